The maximum atomic E-state index is 9.28. The lowest BCUT2D eigenvalue weighted by Crippen LogP contribution is -2.53. The van der Waals surface area contributed by atoms with E-state index in [1.54, 1.807) is 0 Å². The van der Waals surface area contributed by atoms with Gasteiger partial charge in [0, 0.05) is 38.8 Å². The van der Waals surface area contributed by atoms with Gasteiger partial charge >= 0.3 is 0 Å². The van der Waals surface area contributed by atoms with Crippen LogP contribution in [0.3, 0.4) is 0 Å². The lowest BCUT2D eigenvalue weighted by molar-refractivity contribution is 0.0614. The van der Waals surface area contributed by atoms with Gasteiger partial charge < -0.3 is 4.90 Å². The first-order valence-electron chi connectivity index (χ1n) is 7.73. The normalized spacial score (nSPS) is 35.3. The molecule has 0 radical (unpaired) electrons. The van der Waals surface area contributed by atoms with Crippen LogP contribution in [0, 0.1) is 23.2 Å². The van der Waals surface area contributed by atoms with Crippen LogP contribution in [0.15, 0.2) is 0 Å². The van der Waals surface area contributed by atoms with E-state index in [9.17, 15) is 5.26 Å². The molecule has 2 aliphatic carbocycles. The van der Waals surface area contributed by atoms with Gasteiger partial charge in [0.2, 0.25) is 0 Å². The van der Waals surface area contributed by atoms with Gasteiger partial charge in [-0.1, -0.05) is 12.8 Å². The van der Waals surface area contributed by atoms with Gasteiger partial charge in [-0.2, -0.15) is 5.26 Å². The predicted molar refractivity (Wildman–Crippen MR) is 72.1 cm³/mol. The maximum Gasteiger partial charge on any atom is 0.0672 e. The van der Waals surface area contributed by atoms with Crippen molar-refractivity contribution in [2.75, 3.05) is 32.7 Å². The molecule has 2 unspecified atom stereocenters. The summed E-state index contributed by atoms with van der Waals surface area (Å²) in [5.74, 6) is 1.31. The van der Waals surface area contributed by atoms with Gasteiger partial charge in [0.25, 0.3) is 0 Å². The number of piperazine rings is 1. The summed E-state index contributed by atoms with van der Waals surface area (Å²) in [7, 11) is 0. The van der Waals surface area contributed by atoms with Crippen molar-refractivity contribution >= 4 is 0 Å². The van der Waals surface area contributed by atoms with E-state index in [4.69, 9.17) is 0 Å². The zero-order valence-electron chi connectivity index (χ0n) is 11.4. The highest BCUT2D eigenvalue weighted by Gasteiger charge is 2.33. The predicted octanol–water partition coefficient (Wildman–Crippen LogP) is 2.10. The van der Waals surface area contributed by atoms with Crippen LogP contribution in [-0.4, -0.2) is 48.6 Å². The van der Waals surface area contributed by atoms with Crippen molar-refractivity contribution in [3.8, 4) is 6.07 Å². The second kappa shape index (κ2) is 5.59. The standard InChI is InChI=1S/C15H25N3/c16-11-14-3-1-2-4-15(14)18-9-7-17(8-10-18)12-13-5-6-13/h13-15H,1-10,12H2. The first-order chi connectivity index (χ1) is 8.86. The smallest absolute Gasteiger partial charge is 0.0672 e. The largest absolute Gasteiger partial charge is 0.301 e. The summed E-state index contributed by atoms with van der Waals surface area (Å²) in [6.07, 6.45) is 7.88. The van der Waals surface area contributed by atoms with Crippen molar-refractivity contribution in [3.63, 3.8) is 0 Å². The van der Waals surface area contributed by atoms with Crippen LogP contribution in [0.5, 0.6) is 0 Å². The quantitative estimate of drug-likeness (QED) is 0.765. The highest BCUT2D eigenvalue weighted by atomic mass is 15.3. The molecule has 1 aliphatic heterocycles. The Morgan fingerprint density at radius 2 is 1.67 bits per heavy atom. The molecule has 0 N–H and O–H groups in total. The summed E-state index contributed by atoms with van der Waals surface area (Å²) < 4.78 is 0. The van der Waals surface area contributed by atoms with Crippen LogP contribution >= 0.6 is 0 Å². The van der Waals surface area contributed by atoms with E-state index in [1.165, 1.54) is 64.8 Å². The molecule has 3 rings (SSSR count). The Balaban J connectivity index is 1.49. The third-order valence-electron chi connectivity index (χ3n) is 4.98. The van der Waals surface area contributed by atoms with Gasteiger partial charge in [0.05, 0.1) is 12.0 Å². The van der Waals surface area contributed by atoms with Crippen LogP contribution in [0.25, 0.3) is 0 Å². The molecule has 0 aromatic heterocycles. The second-order valence-electron chi connectivity index (χ2n) is 6.37. The minimum absolute atomic E-state index is 0.300. The van der Waals surface area contributed by atoms with Gasteiger partial charge in [-0.05, 0) is 31.6 Å². The Labute approximate surface area is 111 Å². The van der Waals surface area contributed by atoms with Crippen molar-refractivity contribution in [2.45, 2.75) is 44.6 Å². The van der Waals surface area contributed by atoms with Crippen molar-refractivity contribution in [1.29, 1.82) is 5.26 Å². The lowest BCUT2D eigenvalue weighted by Gasteiger charge is -2.42. The molecule has 3 heteroatoms. The monoisotopic (exact) mass is 247 g/mol. The van der Waals surface area contributed by atoms with E-state index in [-0.39, 0.29) is 0 Å². The summed E-state index contributed by atoms with van der Waals surface area (Å²) in [6, 6.07) is 3.11. The van der Waals surface area contributed by atoms with Crippen LogP contribution in [0.2, 0.25) is 0 Å². The Hall–Kier alpha value is -0.590. The molecule has 0 aromatic rings. The molecule has 3 fully saturated rings. The van der Waals surface area contributed by atoms with E-state index < -0.39 is 0 Å². The van der Waals surface area contributed by atoms with E-state index in [1.807, 2.05) is 0 Å². The summed E-state index contributed by atoms with van der Waals surface area (Å²) in [5.41, 5.74) is 0. The number of rotatable bonds is 3. The molecule has 0 aromatic carbocycles. The Bertz CT molecular complexity index is 310. The van der Waals surface area contributed by atoms with E-state index in [2.05, 4.69) is 15.9 Å². The van der Waals surface area contributed by atoms with Gasteiger partial charge in [0.1, 0.15) is 0 Å². The van der Waals surface area contributed by atoms with Gasteiger partial charge in [-0.3, -0.25) is 4.90 Å². The molecule has 100 valence electrons. The van der Waals surface area contributed by atoms with Gasteiger partial charge in [-0.25, -0.2) is 0 Å². The van der Waals surface area contributed by atoms with E-state index in [0.717, 1.165) is 12.3 Å². The molecule has 3 aliphatic rings. The Kier molecular flexibility index (Phi) is 3.86. The SMILES string of the molecule is N#CC1CCCCC1N1CCN(CC2CC2)CC1. The molecule has 1 saturated heterocycles. The fourth-order valence-corrected chi connectivity index (χ4v) is 3.64. The number of nitriles is 1. The number of hydrogen-bond donors (Lipinski definition) is 0. The molecule has 3 nitrogen and oxygen atoms in total. The third-order valence-corrected chi connectivity index (χ3v) is 4.98. The second-order valence-corrected chi connectivity index (χ2v) is 6.37. The fraction of sp³-hybridized carbons (Fsp3) is 0.933. The molecule has 1 heterocycles. The minimum atomic E-state index is 0.300. The van der Waals surface area contributed by atoms with E-state index in [0.29, 0.717) is 12.0 Å². The molecule has 2 saturated carbocycles. The topological polar surface area (TPSA) is 30.3 Å². The third kappa shape index (κ3) is 2.87. The zero-order chi connectivity index (χ0) is 12.4. The fourth-order valence-electron chi connectivity index (χ4n) is 3.64. The first kappa shape index (κ1) is 12.4. The van der Waals surface area contributed by atoms with Gasteiger partial charge in [0.15, 0.2) is 0 Å². The molecule has 0 amide bonds. The molecular formula is C15H25N3. The summed E-state index contributed by atoms with van der Waals surface area (Å²) in [5, 5.41) is 9.28. The molecule has 18 heavy (non-hydrogen) atoms. The highest BCUT2D eigenvalue weighted by molar-refractivity contribution is 4.97. The number of nitrogens with zero attached hydrogens (tertiary/aromatic N) is 3. The van der Waals surface area contributed by atoms with Crippen LogP contribution in [-0.2, 0) is 0 Å². The summed E-state index contributed by atoms with van der Waals surface area (Å²) in [4.78, 5) is 5.24. The van der Waals surface area contributed by atoms with Crippen LogP contribution < -0.4 is 0 Å². The Morgan fingerprint density at radius 3 is 2.33 bits per heavy atom. The molecule has 0 spiro atoms. The zero-order valence-corrected chi connectivity index (χ0v) is 11.4. The van der Waals surface area contributed by atoms with Crippen molar-refractivity contribution in [3.05, 3.63) is 0 Å². The molecule has 0 bridgehead atoms. The van der Waals surface area contributed by atoms with Crippen molar-refractivity contribution in [2.24, 2.45) is 11.8 Å². The highest BCUT2D eigenvalue weighted by Crippen LogP contribution is 2.31. The van der Waals surface area contributed by atoms with Gasteiger partial charge in [-0.15, -0.1) is 0 Å². The van der Waals surface area contributed by atoms with Crippen molar-refractivity contribution < 1.29 is 0 Å². The lowest BCUT2D eigenvalue weighted by atomic mass is 9.84. The number of hydrogen-bond acceptors (Lipinski definition) is 3. The Morgan fingerprint density at radius 1 is 0.944 bits per heavy atom. The van der Waals surface area contributed by atoms with E-state index >= 15 is 0 Å². The van der Waals surface area contributed by atoms with Crippen LogP contribution in [0.4, 0.5) is 0 Å². The maximum absolute atomic E-state index is 9.28. The molecule has 2 atom stereocenters. The van der Waals surface area contributed by atoms with Crippen LogP contribution in [0.1, 0.15) is 38.5 Å². The summed E-state index contributed by atoms with van der Waals surface area (Å²) >= 11 is 0. The average molecular weight is 247 g/mol. The molecular weight excluding hydrogens is 222 g/mol. The minimum Gasteiger partial charge on any atom is -0.301 e. The first-order valence-corrected chi connectivity index (χ1v) is 7.73. The van der Waals surface area contributed by atoms with Crippen molar-refractivity contribution in [1.82, 2.24) is 9.80 Å². The summed E-state index contributed by atoms with van der Waals surface area (Å²) in [6.45, 7) is 6.17. The average Bonchev–Trinajstić information content (AvgIpc) is 3.24.